The van der Waals surface area contributed by atoms with E-state index in [0.717, 1.165) is 49.2 Å². The molecule has 1 radical (unpaired) electrons. The average molecular weight is 662 g/mol. The Morgan fingerprint density at radius 3 is 1.54 bits per heavy atom. The second-order valence-electron chi connectivity index (χ2n) is 15.2. The molecule has 0 unspecified atom stereocenters. The number of hydrogen-bond donors (Lipinski definition) is 1. The number of benzene rings is 5. The zero-order valence-electron chi connectivity index (χ0n) is 30.0. The molecular weight excluding hydrogens is 620 g/mol. The molecule has 5 aromatic carbocycles. The second kappa shape index (κ2) is 12.4. The predicted molar refractivity (Wildman–Crippen MR) is 204 cm³/mol. The first kappa shape index (κ1) is 34.1. The summed E-state index contributed by atoms with van der Waals surface area (Å²) in [5, 5.41) is 15.3. The van der Waals surface area contributed by atoms with Crippen LogP contribution < -0.4 is 10.9 Å². The molecule has 1 aliphatic heterocycles. The van der Waals surface area contributed by atoms with Crippen LogP contribution in [0, 0.1) is 0 Å². The third-order valence-electron chi connectivity index (χ3n) is 10.4. The van der Waals surface area contributed by atoms with Crippen LogP contribution in [0.2, 0.25) is 0 Å². The molecular formula is C41H42B2N3O4. The maximum absolute atomic E-state index is 10.8. The van der Waals surface area contributed by atoms with Gasteiger partial charge in [-0.15, -0.1) is 0 Å². The van der Waals surface area contributed by atoms with Crippen LogP contribution in [-0.2, 0) is 14.0 Å². The minimum Gasteiger partial charge on any atom is -0.427 e. The maximum atomic E-state index is 10.8. The van der Waals surface area contributed by atoms with Gasteiger partial charge < -0.3 is 19.1 Å². The van der Waals surface area contributed by atoms with E-state index in [-0.39, 0.29) is 0 Å². The minimum absolute atomic E-state index is 0.501. The number of rotatable bonds is 8. The van der Waals surface area contributed by atoms with E-state index in [1.54, 1.807) is 21.3 Å². The van der Waals surface area contributed by atoms with Gasteiger partial charge in [-0.1, -0.05) is 96.5 Å². The van der Waals surface area contributed by atoms with Crippen molar-refractivity contribution in [1.29, 1.82) is 0 Å². The van der Waals surface area contributed by atoms with Crippen molar-refractivity contribution < 1.29 is 19.1 Å². The molecule has 1 saturated heterocycles. The molecule has 7 nitrogen and oxygen atoms in total. The molecule has 50 heavy (non-hydrogen) atoms. The van der Waals surface area contributed by atoms with E-state index in [9.17, 15) is 5.11 Å². The molecule has 0 atom stereocenters. The van der Waals surface area contributed by atoms with E-state index >= 15 is 0 Å². The summed E-state index contributed by atoms with van der Waals surface area (Å²) in [6.07, 6.45) is 0. The first-order valence-electron chi connectivity index (χ1n) is 17.1. The third kappa shape index (κ3) is 6.59. The van der Waals surface area contributed by atoms with Gasteiger partial charge >= 0.3 is 14.6 Å². The lowest BCUT2D eigenvalue weighted by atomic mass is 9.73. The molecule has 0 aliphatic carbocycles. The van der Waals surface area contributed by atoms with Gasteiger partial charge in [-0.2, -0.15) is 0 Å². The second-order valence-corrected chi connectivity index (χ2v) is 15.2. The van der Waals surface area contributed by atoms with Crippen molar-refractivity contribution in [3.8, 4) is 34.2 Å². The van der Waals surface area contributed by atoms with Gasteiger partial charge in [0.05, 0.1) is 22.4 Å². The maximum Gasteiger partial charge on any atom is 0.494 e. The molecule has 2 heterocycles. The smallest absolute Gasteiger partial charge is 0.427 e. The van der Waals surface area contributed by atoms with Gasteiger partial charge in [-0.25, -0.2) is 15.0 Å². The molecule has 0 saturated carbocycles. The zero-order valence-corrected chi connectivity index (χ0v) is 30.0. The van der Waals surface area contributed by atoms with Gasteiger partial charge in [0.25, 0.3) is 0 Å². The number of nitrogens with zero attached hydrogens (tertiary/aromatic N) is 3. The summed E-state index contributed by atoms with van der Waals surface area (Å²) in [7, 11) is 1.04. The Hall–Kier alpha value is -4.40. The van der Waals surface area contributed by atoms with E-state index in [0.29, 0.717) is 17.5 Å². The van der Waals surface area contributed by atoms with Crippen molar-refractivity contribution in [3.63, 3.8) is 0 Å². The van der Waals surface area contributed by atoms with Crippen LogP contribution in [0.15, 0.2) is 103 Å². The van der Waals surface area contributed by atoms with E-state index in [2.05, 4.69) is 60.7 Å². The molecule has 9 heteroatoms. The molecule has 251 valence electrons. The highest BCUT2D eigenvalue weighted by molar-refractivity contribution is 6.63. The highest BCUT2D eigenvalue weighted by Crippen LogP contribution is 2.37. The largest absolute Gasteiger partial charge is 0.494 e. The number of fused-ring (bicyclic) bond motifs is 2. The molecule has 7 rings (SSSR count). The first-order valence-corrected chi connectivity index (χ1v) is 17.1. The summed E-state index contributed by atoms with van der Waals surface area (Å²) in [6, 6.07) is 35.0. The van der Waals surface area contributed by atoms with Crippen LogP contribution in [0.25, 0.3) is 55.7 Å². The zero-order chi connectivity index (χ0) is 35.5. The fourth-order valence-corrected chi connectivity index (χ4v) is 5.77. The Morgan fingerprint density at radius 2 is 1.06 bits per heavy atom. The fourth-order valence-electron chi connectivity index (χ4n) is 5.77. The van der Waals surface area contributed by atoms with Gasteiger partial charge in [0.1, 0.15) is 0 Å². The summed E-state index contributed by atoms with van der Waals surface area (Å²) in [5.41, 5.74) is 1.06. The van der Waals surface area contributed by atoms with Crippen LogP contribution in [0.1, 0.15) is 55.4 Å². The molecule has 0 amide bonds. The first-order chi connectivity index (χ1) is 23.6. The number of aliphatic hydroxyl groups is 1. The van der Waals surface area contributed by atoms with Crippen LogP contribution in [0.4, 0.5) is 0 Å². The van der Waals surface area contributed by atoms with Crippen molar-refractivity contribution in [3.05, 3.63) is 103 Å². The van der Waals surface area contributed by atoms with Gasteiger partial charge in [-0.3, -0.25) is 0 Å². The highest BCUT2D eigenvalue weighted by Gasteiger charge is 2.52. The molecule has 0 spiro atoms. The monoisotopic (exact) mass is 662 g/mol. The molecule has 1 aromatic heterocycles. The van der Waals surface area contributed by atoms with Gasteiger partial charge in [0, 0.05) is 16.7 Å². The topological polar surface area (TPSA) is 86.6 Å². The van der Waals surface area contributed by atoms with Crippen LogP contribution in [-0.4, -0.2) is 57.1 Å². The predicted octanol–water partition coefficient (Wildman–Crippen LogP) is 7.29. The molecule has 6 aromatic rings. The Kier molecular flexibility index (Phi) is 8.47. The average Bonchev–Trinajstić information content (AvgIpc) is 3.32. The Balaban J connectivity index is 1.39. The van der Waals surface area contributed by atoms with E-state index in [1.807, 2.05) is 84.0 Å². The third-order valence-corrected chi connectivity index (χ3v) is 10.4. The lowest BCUT2D eigenvalue weighted by Gasteiger charge is -2.37. The Bertz CT molecular complexity index is 2120. The summed E-state index contributed by atoms with van der Waals surface area (Å²) in [5.74, 6) is 1.63. The Morgan fingerprint density at radius 1 is 0.600 bits per heavy atom. The van der Waals surface area contributed by atoms with E-state index in [1.165, 1.54) is 0 Å². The van der Waals surface area contributed by atoms with Crippen LogP contribution in [0.3, 0.4) is 0 Å². The van der Waals surface area contributed by atoms with Gasteiger partial charge in [0.15, 0.2) is 17.5 Å². The Labute approximate surface area is 295 Å². The minimum atomic E-state index is -1.09. The molecule has 1 aliphatic rings. The normalized spacial score (nSPS) is 15.9. The van der Waals surface area contributed by atoms with Gasteiger partial charge in [-0.05, 0) is 94.5 Å². The highest BCUT2D eigenvalue weighted by atomic mass is 16.7. The lowest BCUT2D eigenvalue weighted by molar-refractivity contribution is -0.0893. The summed E-state index contributed by atoms with van der Waals surface area (Å²) in [4.78, 5) is 15.2. The SMILES string of the molecule is CC(C)(O)C(C)(C)O[B]c1cc(B2OC(C)(C)C(C)(C)O2)cc(-c2nc(-c3ccc4ccccc4c3)nc(-c3ccc4ccccc4c3)n2)c1. The summed E-state index contributed by atoms with van der Waals surface area (Å²) < 4.78 is 19.2. The van der Waals surface area contributed by atoms with E-state index < -0.39 is 29.5 Å². The van der Waals surface area contributed by atoms with Crippen molar-refractivity contribution in [1.82, 2.24) is 15.0 Å². The molecule has 1 N–H and O–H groups in total. The van der Waals surface area contributed by atoms with Crippen molar-refractivity contribution >= 4 is 47.1 Å². The van der Waals surface area contributed by atoms with Crippen molar-refractivity contribution in [2.45, 2.75) is 77.8 Å². The van der Waals surface area contributed by atoms with Crippen LogP contribution in [0.5, 0.6) is 0 Å². The molecule has 0 bridgehead atoms. The van der Waals surface area contributed by atoms with Gasteiger partial charge in [0.2, 0.25) is 0 Å². The van der Waals surface area contributed by atoms with Crippen molar-refractivity contribution in [2.24, 2.45) is 0 Å². The molecule has 1 fully saturated rings. The quantitative estimate of drug-likeness (QED) is 0.171. The number of hydrogen-bond acceptors (Lipinski definition) is 7. The van der Waals surface area contributed by atoms with Crippen molar-refractivity contribution in [2.75, 3.05) is 0 Å². The summed E-state index contributed by atoms with van der Waals surface area (Å²) in [6.45, 7) is 15.3. The lowest BCUT2D eigenvalue weighted by Crippen LogP contribution is -2.49. The fraction of sp³-hybridized carbons (Fsp3) is 0.293. The number of aromatic nitrogens is 3. The standard InChI is InChI=1S/C41H42B2N3O4/c1-38(2,47)39(3,4)48-42-33-23-32(24-34(25-33)43-49-40(5,6)41(7,8)50-43)37-45-35(30-19-17-26-13-9-11-15-28(26)21-30)44-36(46-37)31-20-18-27-14-10-12-16-29(27)22-31/h9-25,47H,1-8H3. The summed E-state index contributed by atoms with van der Waals surface area (Å²) >= 11 is 0. The van der Waals surface area contributed by atoms with E-state index in [4.69, 9.17) is 28.9 Å². The van der Waals surface area contributed by atoms with Crippen LogP contribution >= 0.6 is 0 Å².